The van der Waals surface area contributed by atoms with Crippen molar-refractivity contribution < 1.29 is 4.79 Å². The van der Waals surface area contributed by atoms with Crippen LogP contribution in [0.1, 0.15) is 26.2 Å². The summed E-state index contributed by atoms with van der Waals surface area (Å²) in [5.41, 5.74) is 0.937. The van der Waals surface area contributed by atoms with Gasteiger partial charge in [0.15, 0.2) is 0 Å². The van der Waals surface area contributed by atoms with E-state index in [0.717, 1.165) is 18.7 Å². The molecule has 0 aromatic carbocycles. The summed E-state index contributed by atoms with van der Waals surface area (Å²) in [6.45, 7) is 11.5. The van der Waals surface area contributed by atoms with E-state index in [4.69, 9.17) is 0 Å². The maximum Gasteiger partial charge on any atom is 0.211 e. The number of hydrogen-bond acceptors (Lipinski definition) is 3. The minimum absolute atomic E-state index is 0.0619. The molecule has 1 atom stereocenters. The Hall–Kier alpha value is -0.540. The summed E-state index contributed by atoms with van der Waals surface area (Å²) >= 11 is 1.37. The summed E-state index contributed by atoms with van der Waals surface area (Å²) in [5.74, 6) is -0.0619. The van der Waals surface area contributed by atoms with Crippen LogP contribution in [0.5, 0.6) is 0 Å². The van der Waals surface area contributed by atoms with Crippen molar-refractivity contribution in [2.24, 2.45) is 5.92 Å². The zero-order valence-corrected chi connectivity index (χ0v) is 10.2. The summed E-state index contributed by atoms with van der Waals surface area (Å²) in [5, 5.41) is 0.212. The Morgan fingerprint density at radius 1 is 1.53 bits per heavy atom. The summed E-state index contributed by atoms with van der Waals surface area (Å²) in [6, 6.07) is 0. The molecule has 84 valence electrons. The molecule has 0 N–H and O–H groups in total. The first kappa shape index (κ1) is 12.5. The molecule has 1 saturated heterocycles. The van der Waals surface area contributed by atoms with Crippen LogP contribution >= 0.6 is 11.9 Å². The molecule has 1 aliphatic rings. The number of rotatable bonds is 5. The zero-order valence-electron chi connectivity index (χ0n) is 9.37. The average Bonchev–Trinajstić information content (AvgIpc) is 2.65. The molecular weight excluding hydrogens is 206 g/mol. The van der Waals surface area contributed by atoms with Gasteiger partial charge in [-0.05, 0) is 38.1 Å². The SMILES string of the molecule is C=CCC(C(=C)C)C(=O)SN1CCCC1. The van der Waals surface area contributed by atoms with E-state index in [1.165, 1.54) is 24.8 Å². The molecular formula is C12H19NOS. The molecule has 0 aliphatic carbocycles. The van der Waals surface area contributed by atoms with Gasteiger partial charge in [-0.2, -0.15) is 0 Å². The van der Waals surface area contributed by atoms with Gasteiger partial charge in [0, 0.05) is 13.1 Å². The highest BCUT2D eigenvalue weighted by atomic mass is 32.2. The molecule has 0 bridgehead atoms. The molecule has 15 heavy (non-hydrogen) atoms. The second-order valence-electron chi connectivity index (χ2n) is 3.97. The third-order valence-corrected chi connectivity index (χ3v) is 3.65. The van der Waals surface area contributed by atoms with Crippen LogP contribution in [0.2, 0.25) is 0 Å². The Labute approximate surface area is 96.5 Å². The molecule has 2 nitrogen and oxygen atoms in total. The fourth-order valence-electron chi connectivity index (χ4n) is 1.64. The van der Waals surface area contributed by atoms with Crippen molar-refractivity contribution in [2.45, 2.75) is 26.2 Å². The fourth-order valence-corrected chi connectivity index (χ4v) is 2.76. The lowest BCUT2D eigenvalue weighted by Crippen LogP contribution is -2.19. The van der Waals surface area contributed by atoms with Crippen LogP contribution in [-0.2, 0) is 4.79 Å². The van der Waals surface area contributed by atoms with Crippen molar-refractivity contribution in [2.75, 3.05) is 13.1 Å². The van der Waals surface area contributed by atoms with Crippen LogP contribution in [-0.4, -0.2) is 22.5 Å². The summed E-state index contributed by atoms with van der Waals surface area (Å²) in [6.07, 6.45) is 4.91. The van der Waals surface area contributed by atoms with Gasteiger partial charge in [0.1, 0.15) is 0 Å². The molecule has 1 aliphatic heterocycles. The Bertz CT molecular complexity index is 256. The third kappa shape index (κ3) is 3.84. The molecule has 3 heteroatoms. The lowest BCUT2D eigenvalue weighted by atomic mass is 10.00. The van der Waals surface area contributed by atoms with Crippen molar-refractivity contribution >= 4 is 17.1 Å². The highest BCUT2D eigenvalue weighted by Crippen LogP contribution is 2.26. The van der Waals surface area contributed by atoms with Crippen LogP contribution in [0.15, 0.2) is 24.8 Å². The Morgan fingerprint density at radius 3 is 2.60 bits per heavy atom. The van der Waals surface area contributed by atoms with Gasteiger partial charge in [-0.15, -0.1) is 6.58 Å². The molecule has 0 saturated carbocycles. The first-order valence-corrected chi connectivity index (χ1v) is 6.15. The minimum atomic E-state index is -0.0619. The smallest absolute Gasteiger partial charge is 0.211 e. The fraction of sp³-hybridized carbons (Fsp3) is 0.583. The number of carbonyl (C=O) groups excluding carboxylic acids is 1. The van der Waals surface area contributed by atoms with Crippen molar-refractivity contribution in [1.82, 2.24) is 4.31 Å². The van der Waals surface area contributed by atoms with Gasteiger partial charge in [-0.3, -0.25) is 4.79 Å². The van der Waals surface area contributed by atoms with E-state index in [1.807, 2.05) is 6.92 Å². The molecule has 0 spiro atoms. The molecule has 0 radical (unpaired) electrons. The third-order valence-electron chi connectivity index (χ3n) is 2.57. The van der Waals surface area contributed by atoms with Crippen molar-refractivity contribution in [3.8, 4) is 0 Å². The van der Waals surface area contributed by atoms with E-state index in [-0.39, 0.29) is 11.0 Å². The Balaban J connectivity index is 2.47. The van der Waals surface area contributed by atoms with Crippen molar-refractivity contribution in [3.05, 3.63) is 24.8 Å². The van der Waals surface area contributed by atoms with Gasteiger partial charge in [0.2, 0.25) is 5.12 Å². The van der Waals surface area contributed by atoms with Gasteiger partial charge in [0.25, 0.3) is 0 Å². The predicted molar refractivity (Wildman–Crippen MR) is 66.5 cm³/mol. The second kappa shape index (κ2) is 6.13. The largest absolute Gasteiger partial charge is 0.285 e. The van der Waals surface area contributed by atoms with Gasteiger partial charge >= 0.3 is 0 Å². The standard InChI is InChI=1S/C12H19NOS/c1-4-7-11(10(2)3)12(14)15-13-8-5-6-9-13/h4,11H,1-2,5-9H2,3H3. The topological polar surface area (TPSA) is 20.3 Å². The first-order valence-electron chi connectivity index (χ1n) is 5.38. The maximum atomic E-state index is 11.9. The number of carbonyl (C=O) groups is 1. The molecule has 0 aromatic rings. The van der Waals surface area contributed by atoms with Gasteiger partial charge in [0.05, 0.1) is 5.92 Å². The Morgan fingerprint density at radius 2 is 2.13 bits per heavy atom. The van der Waals surface area contributed by atoms with E-state index in [9.17, 15) is 4.79 Å². The van der Waals surface area contributed by atoms with Gasteiger partial charge in [-0.25, -0.2) is 4.31 Å². The van der Waals surface area contributed by atoms with E-state index >= 15 is 0 Å². The summed E-state index contributed by atoms with van der Waals surface area (Å²) < 4.78 is 2.15. The second-order valence-corrected chi connectivity index (χ2v) is 5.07. The number of allylic oxidation sites excluding steroid dienone is 2. The van der Waals surface area contributed by atoms with Crippen LogP contribution in [0.4, 0.5) is 0 Å². The lowest BCUT2D eigenvalue weighted by molar-refractivity contribution is -0.113. The molecule has 0 aromatic heterocycles. The quantitative estimate of drug-likeness (QED) is 0.530. The normalized spacial score (nSPS) is 18.7. The van der Waals surface area contributed by atoms with Crippen LogP contribution < -0.4 is 0 Å². The number of nitrogens with zero attached hydrogens (tertiary/aromatic N) is 1. The summed E-state index contributed by atoms with van der Waals surface area (Å²) in [7, 11) is 0. The average molecular weight is 225 g/mol. The predicted octanol–water partition coefficient (Wildman–Crippen LogP) is 3.03. The summed E-state index contributed by atoms with van der Waals surface area (Å²) in [4.78, 5) is 11.9. The molecule has 1 fully saturated rings. The molecule has 1 unspecified atom stereocenters. The van der Waals surface area contributed by atoms with E-state index in [2.05, 4.69) is 17.5 Å². The zero-order chi connectivity index (χ0) is 11.3. The van der Waals surface area contributed by atoms with Gasteiger partial charge < -0.3 is 0 Å². The van der Waals surface area contributed by atoms with Crippen LogP contribution in [0, 0.1) is 5.92 Å². The van der Waals surface area contributed by atoms with Crippen LogP contribution in [0.25, 0.3) is 0 Å². The monoisotopic (exact) mass is 225 g/mol. The Kier molecular flexibility index (Phi) is 5.12. The highest BCUT2D eigenvalue weighted by molar-refractivity contribution is 8.11. The van der Waals surface area contributed by atoms with E-state index in [1.54, 1.807) is 6.08 Å². The van der Waals surface area contributed by atoms with Crippen molar-refractivity contribution in [3.63, 3.8) is 0 Å². The first-order chi connectivity index (χ1) is 7.15. The number of hydrogen-bond donors (Lipinski definition) is 0. The maximum absolute atomic E-state index is 11.9. The minimum Gasteiger partial charge on any atom is -0.285 e. The van der Waals surface area contributed by atoms with Crippen molar-refractivity contribution in [1.29, 1.82) is 0 Å². The highest BCUT2D eigenvalue weighted by Gasteiger charge is 2.23. The van der Waals surface area contributed by atoms with Crippen LogP contribution in [0.3, 0.4) is 0 Å². The molecule has 1 heterocycles. The van der Waals surface area contributed by atoms with E-state index < -0.39 is 0 Å². The van der Waals surface area contributed by atoms with Gasteiger partial charge in [-0.1, -0.05) is 18.2 Å². The molecule has 1 rings (SSSR count). The van der Waals surface area contributed by atoms with E-state index in [0.29, 0.717) is 6.42 Å². The molecule has 0 amide bonds. The lowest BCUT2D eigenvalue weighted by Gasteiger charge is -2.17.